The molecule has 0 radical (unpaired) electrons. The molecule has 0 amide bonds. The molecule has 55 heavy (non-hydrogen) atoms. The average Bonchev–Trinajstić information content (AvgIpc) is 3.97. The number of esters is 1. The van der Waals surface area contributed by atoms with E-state index in [1.54, 1.807) is 6.92 Å². The lowest BCUT2D eigenvalue weighted by Crippen LogP contribution is -2.24. The van der Waals surface area contributed by atoms with Gasteiger partial charge in [0.25, 0.3) is 0 Å². The van der Waals surface area contributed by atoms with Crippen molar-refractivity contribution in [2.45, 2.75) is 51.6 Å². The number of ketones is 1. The first kappa shape index (κ1) is 37.7. The maximum absolute atomic E-state index is 12.7. The molecule has 6 aromatic rings. The van der Waals surface area contributed by atoms with E-state index in [9.17, 15) is 14.7 Å². The van der Waals surface area contributed by atoms with Crippen LogP contribution in [0.25, 0.3) is 21.8 Å². The largest absolute Gasteiger partial charge is 0.468 e. The SMILES string of the molecule is CC(=O)C(c1ccc2c(c1)OCO2)c1cn(C)c2cc(CO[Si](C)(C)C)ccc12.COC(=O)C(c1ccc2c(c1)OCO2)c1cn(C)c2cc(CO)ccc12. The van der Waals surface area contributed by atoms with Crippen molar-refractivity contribution in [2.24, 2.45) is 14.1 Å². The van der Waals surface area contributed by atoms with Crippen LogP contribution in [0.1, 0.15) is 52.1 Å². The van der Waals surface area contributed by atoms with E-state index in [0.717, 1.165) is 60.9 Å². The fraction of sp³-hybridized carbons (Fsp3) is 0.302. The number of fused-ring (bicyclic) bond motifs is 4. The topological polar surface area (TPSA) is 120 Å². The van der Waals surface area contributed by atoms with Crippen LogP contribution in [0.15, 0.2) is 85.2 Å². The van der Waals surface area contributed by atoms with Crippen LogP contribution in [-0.2, 0) is 46.1 Å². The van der Waals surface area contributed by atoms with Crippen molar-refractivity contribution >= 4 is 41.9 Å². The first-order valence-electron chi connectivity index (χ1n) is 18.1. The minimum absolute atomic E-state index is 0.0287. The lowest BCUT2D eigenvalue weighted by atomic mass is 9.87. The smallest absolute Gasteiger partial charge is 0.317 e. The molecule has 0 saturated carbocycles. The summed E-state index contributed by atoms with van der Waals surface area (Å²) < 4.78 is 36.9. The van der Waals surface area contributed by atoms with Crippen molar-refractivity contribution in [1.29, 1.82) is 0 Å². The highest BCUT2D eigenvalue weighted by Gasteiger charge is 2.30. The van der Waals surface area contributed by atoms with Gasteiger partial charge in [-0.05, 0) is 96.3 Å². The molecule has 0 fully saturated rings. The Hall–Kier alpha value is -5.56. The van der Waals surface area contributed by atoms with Gasteiger partial charge in [0.15, 0.2) is 31.3 Å². The lowest BCUT2D eigenvalue weighted by molar-refractivity contribution is -0.141. The molecule has 0 spiro atoms. The van der Waals surface area contributed by atoms with E-state index in [1.165, 1.54) is 7.11 Å². The maximum Gasteiger partial charge on any atom is 0.317 e. The fourth-order valence-corrected chi connectivity index (χ4v) is 7.85. The molecule has 2 aliphatic rings. The van der Waals surface area contributed by atoms with Crippen LogP contribution in [0, 0.1) is 0 Å². The fourth-order valence-electron chi connectivity index (χ4n) is 7.25. The molecule has 1 N–H and O–H groups in total. The highest BCUT2D eigenvalue weighted by molar-refractivity contribution is 6.69. The van der Waals surface area contributed by atoms with Crippen molar-refractivity contribution in [3.63, 3.8) is 0 Å². The maximum atomic E-state index is 12.7. The number of methoxy groups -OCH3 is 1. The quantitative estimate of drug-likeness (QED) is 0.111. The monoisotopic (exact) mass is 762 g/mol. The molecule has 4 aromatic carbocycles. The van der Waals surface area contributed by atoms with Gasteiger partial charge >= 0.3 is 5.97 Å². The van der Waals surface area contributed by atoms with Crippen LogP contribution in [0.3, 0.4) is 0 Å². The number of rotatable bonds is 10. The molecule has 2 aromatic heterocycles. The number of aliphatic hydroxyl groups excluding tert-OH is 1. The number of aliphatic hydroxyl groups is 1. The van der Waals surface area contributed by atoms with E-state index in [2.05, 4.69) is 48.6 Å². The van der Waals surface area contributed by atoms with Crippen LogP contribution < -0.4 is 18.9 Å². The molecular weight excluding hydrogens is 717 g/mol. The molecule has 0 aliphatic carbocycles. The summed E-state index contributed by atoms with van der Waals surface area (Å²) in [6, 6.07) is 23.3. The van der Waals surface area contributed by atoms with Gasteiger partial charge in [-0.15, -0.1) is 0 Å². The zero-order valence-corrected chi connectivity index (χ0v) is 33.2. The molecule has 0 bridgehead atoms. The minimum Gasteiger partial charge on any atom is -0.468 e. The molecule has 12 heteroatoms. The highest BCUT2D eigenvalue weighted by atomic mass is 28.4. The number of aryl methyl sites for hydroxylation is 2. The summed E-state index contributed by atoms with van der Waals surface area (Å²) in [6.07, 6.45) is 3.99. The van der Waals surface area contributed by atoms with Crippen LogP contribution in [0.4, 0.5) is 0 Å². The average molecular weight is 763 g/mol. The van der Waals surface area contributed by atoms with Gasteiger partial charge in [0.05, 0.1) is 26.2 Å². The number of benzene rings is 4. The molecule has 2 atom stereocenters. The highest BCUT2D eigenvalue weighted by Crippen LogP contribution is 2.41. The molecule has 8 rings (SSSR count). The molecule has 286 valence electrons. The number of carbonyl (C=O) groups excluding carboxylic acids is 2. The minimum atomic E-state index is -1.57. The van der Waals surface area contributed by atoms with E-state index < -0.39 is 14.2 Å². The predicted molar refractivity (Wildman–Crippen MR) is 211 cm³/mol. The van der Waals surface area contributed by atoms with Gasteiger partial charge in [-0.1, -0.05) is 36.4 Å². The second kappa shape index (κ2) is 15.3. The first-order chi connectivity index (χ1) is 26.3. The van der Waals surface area contributed by atoms with Gasteiger partial charge in [0.2, 0.25) is 13.6 Å². The van der Waals surface area contributed by atoms with Crippen LogP contribution in [0.5, 0.6) is 23.0 Å². The molecule has 4 heterocycles. The van der Waals surface area contributed by atoms with E-state index in [4.69, 9.17) is 28.1 Å². The van der Waals surface area contributed by atoms with Gasteiger partial charge < -0.3 is 42.4 Å². The van der Waals surface area contributed by atoms with Gasteiger partial charge in [-0.2, -0.15) is 0 Å². The normalized spacial score (nSPS) is 14.1. The Balaban J connectivity index is 0.000000170. The summed E-state index contributed by atoms with van der Waals surface area (Å²) in [5.74, 6) is 1.53. The third kappa shape index (κ3) is 7.70. The summed E-state index contributed by atoms with van der Waals surface area (Å²) in [4.78, 5) is 25.3. The molecule has 2 unspecified atom stereocenters. The number of carbonyl (C=O) groups is 2. The van der Waals surface area contributed by atoms with Gasteiger partial charge in [0.1, 0.15) is 11.7 Å². The Morgan fingerprint density at radius 2 is 1.20 bits per heavy atom. The first-order valence-corrected chi connectivity index (χ1v) is 21.5. The molecule has 11 nitrogen and oxygen atoms in total. The van der Waals surface area contributed by atoms with Gasteiger partial charge in [-0.3, -0.25) is 9.59 Å². The van der Waals surface area contributed by atoms with Crippen molar-refractivity contribution in [2.75, 3.05) is 20.7 Å². The van der Waals surface area contributed by atoms with Crippen molar-refractivity contribution < 1.29 is 42.8 Å². The summed E-state index contributed by atoms with van der Waals surface area (Å²) in [5.41, 5.74) is 7.56. The van der Waals surface area contributed by atoms with Crippen LogP contribution in [0.2, 0.25) is 19.6 Å². The van der Waals surface area contributed by atoms with Crippen molar-refractivity contribution in [3.05, 3.63) is 119 Å². The second-order valence-corrected chi connectivity index (χ2v) is 19.4. The van der Waals surface area contributed by atoms with Crippen molar-refractivity contribution in [3.8, 4) is 23.0 Å². The molecular formula is C43H46N2O9Si. The van der Waals surface area contributed by atoms with Gasteiger partial charge in [-0.25, -0.2) is 0 Å². The predicted octanol–water partition coefficient (Wildman–Crippen LogP) is 7.68. The number of hydrogen-bond acceptors (Lipinski definition) is 9. The van der Waals surface area contributed by atoms with E-state index in [0.29, 0.717) is 23.9 Å². The molecule has 0 saturated heterocycles. The number of nitrogens with zero attached hydrogens (tertiary/aromatic N) is 2. The van der Waals surface area contributed by atoms with E-state index in [1.807, 2.05) is 79.5 Å². The Morgan fingerprint density at radius 3 is 1.71 bits per heavy atom. The summed E-state index contributed by atoms with van der Waals surface area (Å²) in [7, 11) is 3.75. The zero-order chi connectivity index (χ0) is 39.0. The van der Waals surface area contributed by atoms with Crippen molar-refractivity contribution in [1.82, 2.24) is 9.13 Å². The Labute approximate surface area is 321 Å². The molecule has 2 aliphatic heterocycles. The summed E-state index contributed by atoms with van der Waals surface area (Å²) in [5, 5.41) is 11.4. The number of hydrogen-bond donors (Lipinski definition) is 1. The third-order valence-electron chi connectivity index (χ3n) is 9.95. The lowest BCUT2D eigenvalue weighted by Gasteiger charge is -2.17. The van der Waals surface area contributed by atoms with E-state index in [-0.39, 0.29) is 37.9 Å². The summed E-state index contributed by atoms with van der Waals surface area (Å²) in [6.45, 7) is 9.20. The summed E-state index contributed by atoms with van der Waals surface area (Å²) >= 11 is 0. The standard InChI is InChI=1S/C23H27NO4Si.C20H19NO5/c1-15(25)23(17-7-9-21-22(11-17)27-14-26-21)19-12-24(2)20-10-16(6-8-18(19)20)13-28-29(3,4)5;1-21-9-15(14-5-3-12(10-22)7-16(14)21)19(20(23)24-2)13-4-6-17-18(8-13)26-11-25-17/h6-12,23H,13-14H2,1-5H3;3-9,19,22H,10-11H2,1-2H3. The Morgan fingerprint density at radius 1 is 0.709 bits per heavy atom. The second-order valence-electron chi connectivity index (χ2n) is 14.9. The third-order valence-corrected chi connectivity index (χ3v) is 11.0. The van der Waals surface area contributed by atoms with Gasteiger partial charge in [0, 0.05) is 48.3 Å². The van der Waals surface area contributed by atoms with Crippen LogP contribution >= 0.6 is 0 Å². The van der Waals surface area contributed by atoms with E-state index >= 15 is 0 Å². The zero-order valence-electron chi connectivity index (χ0n) is 32.2. The Kier molecular flexibility index (Phi) is 10.5. The van der Waals surface area contributed by atoms with Crippen LogP contribution in [-0.4, -0.2) is 55.0 Å². The number of ether oxygens (including phenoxy) is 5. The number of Topliss-reactive ketones (excluding diaryl/α,β-unsaturated/α-hetero) is 1. The number of aromatic nitrogens is 2. The Bertz CT molecular complexity index is 2410.